The molecule has 0 spiro atoms. The topological polar surface area (TPSA) is 0 Å². The summed E-state index contributed by atoms with van der Waals surface area (Å²) in [5.41, 5.74) is 0.734. The van der Waals surface area contributed by atoms with Gasteiger partial charge in [-0.3, -0.25) is 0 Å². The number of thiophene rings is 1. The Morgan fingerprint density at radius 3 is 2.65 bits per heavy atom. The van der Waals surface area contributed by atoms with Crippen molar-refractivity contribution < 1.29 is 4.39 Å². The first-order valence-corrected chi connectivity index (χ1v) is 6.92. The zero-order chi connectivity index (χ0) is 12.4. The quantitative estimate of drug-likeness (QED) is 0.661. The minimum Gasteiger partial charge on any atom is -0.205 e. The molecule has 0 N–H and O–H groups in total. The average molecular weight is 289 g/mol. The van der Waals surface area contributed by atoms with Crippen LogP contribution >= 0.6 is 34.5 Å². The molecule has 0 amide bonds. The van der Waals surface area contributed by atoms with Crippen molar-refractivity contribution in [1.29, 1.82) is 0 Å². The molecule has 1 unspecified atom stereocenters. The lowest BCUT2D eigenvalue weighted by Crippen LogP contribution is -1.91. The van der Waals surface area contributed by atoms with Gasteiger partial charge in [0.2, 0.25) is 0 Å². The van der Waals surface area contributed by atoms with Crippen molar-refractivity contribution in [2.24, 2.45) is 0 Å². The first-order valence-electron chi connectivity index (χ1n) is 5.29. The van der Waals surface area contributed by atoms with Crippen LogP contribution in [0.1, 0.15) is 27.6 Å². The van der Waals surface area contributed by atoms with Gasteiger partial charge in [0.05, 0.1) is 10.4 Å². The molecule has 0 radical (unpaired) electrons. The van der Waals surface area contributed by atoms with Gasteiger partial charge in [0, 0.05) is 9.75 Å². The lowest BCUT2D eigenvalue weighted by atomic mass is 10.1. The molecule has 0 aliphatic heterocycles. The second kappa shape index (κ2) is 5.38. The molecule has 0 fully saturated rings. The molecule has 90 valence electrons. The van der Waals surface area contributed by atoms with E-state index < -0.39 is 5.82 Å². The third kappa shape index (κ3) is 2.82. The predicted octanol–water partition coefficient (Wildman–Crippen LogP) is 5.43. The van der Waals surface area contributed by atoms with Gasteiger partial charge in [-0.05, 0) is 36.2 Å². The molecule has 17 heavy (non-hydrogen) atoms. The zero-order valence-corrected chi connectivity index (χ0v) is 11.5. The number of benzene rings is 1. The van der Waals surface area contributed by atoms with Gasteiger partial charge in [0.25, 0.3) is 0 Å². The molecule has 0 saturated heterocycles. The van der Waals surface area contributed by atoms with Crippen LogP contribution < -0.4 is 0 Å². The van der Waals surface area contributed by atoms with Crippen LogP contribution in [0.5, 0.6) is 0 Å². The number of hydrogen-bond acceptors (Lipinski definition) is 1. The van der Waals surface area contributed by atoms with Crippen molar-refractivity contribution in [1.82, 2.24) is 0 Å². The van der Waals surface area contributed by atoms with Crippen LogP contribution in [-0.4, -0.2) is 0 Å². The van der Waals surface area contributed by atoms with E-state index in [1.807, 2.05) is 6.07 Å². The Balaban J connectivity index is 2.29. The molecular formula is C13H11Cl2FS. The van der Waals surface area contributed by atoms with Crippen molar-refractivity contribution >= 4 is 34.5 Å². The molecule has 0 bridgehead atoms. The molecule has 2 aromatic rings. The van der Waals surface area contributed by atoms with Crippen LogP contribution in [0.2, 0.25) is 5.02 Å². The fourth-order valence-electron chi connectivity index (χ4n) is 1.56. The first kappa shape index (κ1) is 12.9. The SMILES string of the molecule is CCc1ccc(C(Cl)c2ccc(Cl)c(F)c2)s1. The summed E-state index contributed by atoms with van der Waals surface area (Å²) in [7, 11) is 0. The summed E-state index contributed by atoms with van der Waals surface area (Å²) in [6.45, 7) is 2.10. The summed E-state index contributed by atoms with van der Waals surface area (Å²) >= 11 is 13.6. The molecule has 4 heteroatoms. The highest BCUT2D eigenvalue weighted by molar-refractivity contribution is 7.12. The molecule has 1 aromatic heterocycles. The van der Waals surface area contributed by atoms with E-state index in [2.05, 4.69) is 13.0 Å². The molecular weight excluding hydrogens is 278 g/mol. The van der Waals surface area contributed by atoms with Crippen LogP contribution in [0.25, 0.3) is 0 Å². The molecule has 0 aliphatic carbocycles. The molecule has 0 aliphatic rings. The van der Waals surface area contributed by atoms with E-state index in [1.54, 1.807) is 17.4 Å². The van der Waals surface area contributed by atoms with Gasteiger partial charge in [-0.1, -0.05) is 24.6 Å². The molecule has 1 aromatic carbocycles. The third-order valence-corrected chi connectivity index (χ3v) is 4.73. The Hall–Kier alpha value is -0.570. The number of alkyl halides is 1. The van der Waals surface area contributed by atoms with E-state index in [1.165, 1.54) is 17.0 Å². The van der Waals surface area contributed by atoms with Gasteiger partial charge in [0.1, 0.15) is 5.82 Å². The molecule has 0 saturated carbocycles. The molecule has 2 rings (SSSR count). The third-order valence-electron chi connectivity index (χ3n) is 2.52. The Morgan fingerprint density at radius 2 is 2.06 bits per heavy atom. The lowest BCUT2D eigenvalue weighted by molar-refractivity contribution is 0.626. The summed E-state index contributed by atoms with van der Waals surface area (Å²) in [5.74, 6) is -0.429. The van der Waals surface area contributed by atoms with Crippen LogP contribution in [0.4, 0.5) is 4.39 Å². The van der Waals surface area contributed by atoms with Crippen LogP contribution in [-0.2, 0) is 6.42 Å². The highest BCUT2D eigenvalue weighted by Crippen LogP contribution is 2.34. The minimum atomic E-state index is -0.429. The van der Waals surface area contributed by atoms with Gasteiger partial charge in [-0.2, -0.15) is 0 Å². The van der Waals surface area contributed by atoms with Crippen molar-refractivity contribution in [3.63, 3.8) is 0 Å². The second-order valence-corrected chi connectivity index (χ2v) is 5.74. The second-order valence-electron chi connectivity index (χ2n) is 3.69. The Bertz CT molecular complexity index is 522. The van der Waals surface area contributed by atoms with Crippen molar-refractivity contribution in [2.45, 2.75) is 18.7 Å². The number of hydrogen-bond donors (Lipinski definition) is 0. The number of halogens is 3. The maximum Gasteiger partial charge on any atom is 0.142 e. The van der Waals surface area contributed by atoms with Crippen molar-refractivity contribution in [3.8, 4) is 0 Å². The predicted molar refractivity (Wildman–Crippen MR) is 72.8 cm³/mol. The average Bonchev–Trinajstić information content (AvgIpc) is 2.80. The van der Waals surface area contributed by atoms with Crippen molar-refractivity contribution in [2.75, 3.05) is 0 Å². The minimum absolute atomic E-state index is 0.123. The molecule has 1 atom stereocenters. The summed E-state index contributed by atoms with van der Waals surface area (Å²) in [6.07, 6.45) is 0.989. The van der Waals surface area contributed by atoms with Gasteiger partial charge >= 0.3 is 0 Å². The van der Waals surface area contributed by atoms with E-state index >= 15 is 0 Å². The maximum atomic E-state index is 13.3. The maximum absolute atomic E-state index is 13.3. The van der Waals surface area contributed by atoms with Crippen LogP contribution in [0.15, 0.2) is 30.3 Å². The lowest BCUT2D eigenvalue weighted by Gasteiger charge is -2.08. The summed E-state index contributed by atoms with van der Waals surface area (Å²) in [5, 5.41) is -0.190. The highest BCUT2D eigenvalue weighted by atomic mass is 35.5. The summed E-state index contributed by atoms with van der Waals surface area (Å²) < 4.78 is 13.3. The number of rotatable bonds is 3. The van der Waals surface area contributed by atoms with Gasteiger partial charge in [-0.25, -0.2) is 4.39 Å². The summed E-state index contributed by atoms with van der Waals surface area (Å²) in [4.78, 5) is 2.31. The fourth-order valence-corrected chi connectivity index (χ4v) is 2.97. The monoisotopic (exact) mass is 288 g/mol. The Morgan fingerprint density at radius 1 is 1.29 bits per heavy atom. The smallest absolute Gasteiger partial charge is 0.142 e. The Kier molecular flexibility index (Phi) is 4.08. The first-order chi connectivity index (χ1) is 8.11. The summed E-state index contributed by atoms with van der Waals surface area (Å²) in [6, 6.07) is 8.74. The number of aryl methyl sites for hydroxylation is 1. The zero-order valence-electron chi connectivity index (χ0n) is 9.21. The fraction of sp³-hybridized carbons (Fsp3) is 0.231. The van der Waals surface area contributed by atoms with E-state index in [-0.39, 0.29) is 10.4 Å². The van der Waals surface area contributed by atoms with Crippen LogP contribution in [0.3, 0.4) is 0 Å². The van der Waals surface area contributed by atoms with Crippen LogP contribution in [0, 0.1) is 5.82 Å². The van der Waals surface area contributed by atoms with E-state index in [0.717, 1.165) is 16.9 Å². The van der Waals surface area contributed by atoms with E-state index in [9.17, 15) is 4.39 Å². The normalized spacial score (nSPS) is 12.7. The van der Waals surface area contributed by atoms with E-state index in [4.69, 9.17) is 23.2 Å². The van der Waals surface area contributed by atoms with Gasteiger partial charge < -0.3 is 0 Å². The standard InChI is InChI=1S/C13H11Cl2FS/c1-2-9-4-6-12(17-9)13(15)8-3-5-10(14)11(16)7-8/h3-7,13H,2H2,1H3. The largest absolute Gasteiger partial charge is 0.205 e. The van der Waals surface area contributed by atoms with Crippen molar-refractivity contribution in [3.05, 3.63) is 56.5 Å². The molecule has 1 heterocycles. The van der Waals surface area contributed by atoms with Gasteiger partial charge in [-0.15, -0.1) is 22.9 Å². The van der Waals surface area contributed by atoms with E-state index in [0.29, 0.717) is 0 Å². The Labute approximate surface area is 114 Å². The van der Waals surface area contributed by atoms with Gasteiger partial charge in [0.15, 0.2) is 0 Å². The highest BCUT2D eigenvalue weighted by Gasteiger charge is 2.14. The molecule has 0 nitrogen and oxygen atoms in total.